The number of anilines is 2. The van der Waals surface area contributed by atoms with Gasteiger partial charge in [-0.3, -0.25) is 5.32 Å². The minimum Gasteiger partial charge on any atom is -0.492 e. The maximum atomic E-state index is 12.3. The Labute approximate surface area is 228 Å². The number of amides is 1. The Morgan fingerprint density at radius 1 is 1.05 bits per heavy atom. The second-order valence-electron chi connectivity index (χ2n) is 10.00. The monoisotopic (exact) mass is 523 g/mol. The first kappa shape index (κ1) is 24.7. The lowest BCUT2D eigenvalue weighted by molar-refractivity contribution is 0.155. The molecule has 4 aromatic rings. The van der Waals surface area contributed by atoms with E-state index in [9.17, 15) is 4.79 Å². The Morgan fingerprint density at radius 3 is 2.59 bits per heavy atom. The minimum absolute atomic E-state index is 0.223. The summed E-state index contributed by atoms with van der Waals surface area (Å²) in [6.07, 6.45) is 6.98. The van der Waals surface area contributed by atoms with Gasteiger partial charge in [-0.25, -0.2) is 4.79 Å². The molecule has 0 spiro atoms. The summed E-state index contributed by atoms with van der Waals surface area (Å²) in [5, 5.41) is 6.98. The summed E-state index contributed by atoms with van der Waals surface area (Å²) < 4.78 is 13.8. The van der Waals surface area contributed by atoms with Gasteiger partial charge in [-0.2, -0.15) is 0 Å². The predicted molar refractivity (Wildman–Crippen MR) is 154 cm³/mol. The van der Waals surface area contributed by atoms with Gasteiger partial charge in [-0.1, -0.05) is 42.5 Å². The van der Waals surface area contributed by atoms with Crippen molar-refractivity contribution >= 4 is 28.4 Å². The maximum Gasteiger partial charge on any atom is 0.411 e. The minimum atomic E-state index is -0.487. The molecule has 8 heteroatoms. The molecule has 0 atom stereocenters. The number of benzene rings is 3. The Bertz CT molecular complexity index is 1480. The Balaban J connectivity index is 1.19. The average Bonchev–Trinajstić information content (AvgIpc) is 3.54. The molecule has 0 bridgehead atoms. The van der Waals surface area contributed by atoms with Crippen molar-refractivity contribution in [2.75, 3.05) is 30.9 Å². The number of nitrogen functional groups attached to an aromatic ring is 1. The summed E-state index contributed by atoms with van der Waals surface area (Å²) in [5.41, 5.74) is 12.3. The third-order valence-corrected chi connectivity index (χ3v) is 7.42. The summed E-state index contributed by atoms with van der Waals surface area (Å²) >= 11 is 0. The third-order valence-electron chi connectivity index (χ3n) is 7.42. The summed E-state index contributed by atoms with van der Waals surface area (Å²) in [6, 6.07) is 24.0. The van der Waals surface area contributed by atoms with Gasteiger partial charge < -0.3 is 30.0 Å². The molecule has 2 heterocycles. The van der Waals surface area contributed by atoms with Crippen LogP contribution < -0.4 is 21.1 Å². The molecule has 1 saturated carbocycles. The molecule has 200 valence electrons. The van der Waals surface area contributed by atoms with Crippen molar-refractivity contribution in [3.05, 3.63) is 90.8 Å². The SMILES string of the molecule is Nc1c(-c2ccc(NC(=O)OCc3ccccc3)cc2)n(C2CCC2)c2ccc(OCCN3C=CNC3)cc12. The first-order valence-corrected chi connectivity index (χ1v) is 13.4. The highest BCUT2D eigenvalue weighted by Crippen LogP contribution is 2.44. The number of carbonyl (C=O) groups excluding carboxylic acids is 1. The lowest BCUT2D eigenvalue weighted by Gasteiger charge is -2.30. The van der Waals surface area contributed by atoms with Crippen LogP contribution in [0.2, 0.25) is 0 Å². The van der Waals surface area contributed by atoms with Crippen LogP contribution in [-0.4, -0.2) is 35.4 Å². The highest BCUT2D eigenvalue weighted by molar-refractivity contribution is 6.02. The molecule has 6 rings (SSSR count). The molecular weight excluding hydrogens is 490 g/mol. The molecule has 0 saturated heterocycles. The van der Waals surface area contributed by atoms with E-state index in [1.807, 2.05) is 73.1 Å². The standard InChI is InChI=1S/C31H33N5O3/c32-29-27-19-26(38-18-17-35-16-15-33-21-35)13-14-28(27)36(25-7-4-8-25)30(29)23-9-11-24(12-10-23)34-31(37)39-20-22-5-2-1-3-6-22/h1-3,5-6,9-16,19,25,33H,4,7-8,17-18,20-21,32H2,(H,34,37). The summed E-state index contributed by atoms with van der Waals surface area (Å²) in [6.45, 7) is 2.44. The Kier molecular flexibility index (Phi) is 6.99. The van der Waals surface area contributed by atoms with Crippen LogP contribution in [-0.2, 0) is 11.3 Å². The van der Waals surface area contributed by atoms with E-state index >= 15 is 0 Å². The number of rotatable bonds is 9. The van der Waals surface area contributed by atoms with Crippen LogP contribution in [0.3, 0.4) is 0 Å². The van der Waals surface area contributed by atoms with Gasteiger partial charge >= 0.3 is 6.09 Å². The summed E-state index contributed by atoms with van der Waals surface area (Å²) in [7, 11) is 0. The van der Waals surface area contributed by atoms with Gasteiger partial charge in [0.15, 0.2) is 0 Å². The molecule has 8 nitrogen and oxygen atoms in total. The van der Waals surface area contributed by atoms with Gasteiger partial charge in [0.1, 0.15) is 19.0 Å². The van der Waals surface area contributed by atoms with E-state index < -0.39 is 6.09 Å². The zero-order valence-electron chi connectivity index (χ0n) is 21.8. The van der Waals surface area contributed by atoms with Crippen molar-refractivity contribution in [3.63, 3.8) is 0 Å². The average molecular weight is 524 g/mol. The molecule has 1 aromatic heterocycles. The van der Waals surface area contributed by atoms with Crippen LogP contribution in [0.15, 0.2) is 85.2 Å². The fourth-order valence-electron chi connectivity index (χ4n) is 5.13. The van der Waals surface area contributed by atoms with E-state index in [1.165, 1.54) is 6.42 Å². The van der Waals surface area contributed by atoms with Gasteiger partial charge in [0.25, 0.3) is 0 Å². The largest absolute Gasteiger partial charge is 0.492 e. The molecule has 1 aliphatic carbocycles. The summed E-state index contributed by atoms with van der Waals surface area (Å²) in [5.74, 6) is 0.816. The van der Waals surface area contributed by atoms with Crippen molar-refractivity contribution < 1.29 is 14.3 Å². The molecule has 1 fully saturated rings. The molecule has 0 unspecified atom stereocenters. The fraction of sp³-hybridized carbons (Fsp3) is 0.258. The zero-order chi connectivity index (χ0) is 26.6. The topological polar surface area (TPSA) is 93.8 Å². The normalized spacial score (nSPS) is 14.7. The molecular formula is C31H33N5O3. The molecule has 1 aliphatic heterocycles. The number of hydrogen-bond acceptors (Lipinski definition) is 6. The van der Waals surface area contributed by atoms with Gasteiger partial charge in [0.2, 0.25) is 0 Å². The van der Waals surface area contributed by atoms with Gasteiger partial charge in [-0.05, 0) is 55.2 Å². The van der Waals surface area contributed by atoms with Crippen LogP contribution in [0.1, 0.15) is 30.9 Å². The number of nitrogens with two attached hydrogens (primary N) is 1. The molecule has 39 heavy (non-hydrogen) atoms. The van der Waals surface area contributed by atoms with E-state index in [2.05, 4.69) is 32.2 Å². The van der Waals surface area contributed by atoms with Crippen LogP contribution in [0.5, 0.6) is 5.75 Å². The quantitative estimate of drug-likeness (QED) is 0.246. The van der Waals surface area contributed by atoms with Crippen LogP contribution in [0.4, 0.5) is 16.2 Å². The highest BCUT2D eigenvalue weighted by Gasteiger charge is 2.27. The smallest absolute Gasteiger partial charge is 0.411 e. The van der Waals surface area contributed by atoms with E-state index in [1.54, 1.807) is 0 Å². The van der Waals surface area contributed by atoms with Gasteiger partial charge in [-0.15, -0.1) is 0 Å². The van der Waals surface area contributed by atoms with Crippen molar-refractivity contribution in [2.45, 2.75) is 31.9 Å². The van der Waals surface area contributed by atoms with E-state index in [4.69, 9.17) is 15.2 Å². The number of ether oxygens (including phenoxy) is 2. The number of hydrogen-bond donors (Lipinski definition) is 3. The number of nitrogens with one attached hydrogen (secondary N) is 2. The summed E-state index contributed by atoms with van der Waals surface area (Å²) in [4.78, 5) is 14.5. The third kappa shape index (κ3) is 5.36. The number of fused-ring (bicyclic) bond motifs is 1. The molecule has 0 radical (unpaired) electrons. The molecule has 3 aromatic carbocycles. The first-order chi connectivity index (χ1) is 19.2. The van der Waals surface area contributed by atoms with Gasteiger partial charge in [0.05, 0.1) is 30.1 Å². The molecule has 1 amide bonds. The van der Waals surface area contributed by atoms with Crippen molar-refractivity contribution in [1.82, 2.24) is 14.8 Å². The second kappa shape index (κ2) is 11.0. The van der Waals surface area contributed by atoms with Crippen molar-refractivity contribution in [3.8, 4) is 17.0 Å². The van der Waals surface area contributed by atoms with E-state index in [-0.39, 0.29) is 6.61 Å². The van der Waals surface area contributed by atoms with Gasteiger partial charge in [0, 0.05) is 35.1 Å². The lowest BCUT2D eigenvalue weighted by atomic mass is 9.92. The Morgan fingerprint density at radius 2 is 1.87 bits per heavy atom. The number of carbonyl (C=O) groups is 1. The van der Waals surface area contributed by atoms with Crippen molar-refractivity contribution in [2.24, 2.45) is 0 Å². The lowest BCUT2D eigenvalue weighted by Crippen LogP contribution is -2.25. The maximum absolute atomic E-state index is 12.3. The first-order valence-electron chi connectivity index (χ1n) is 13.4. The number of nitrogens with zero attached hydrogens (tertiary/aromatic N) is 2. The van der Waals surface area contributed by atoms with Crippen molar-refractivity contribution in [1.29, 1.82) is 0 Å². The highest BCUT2D eigenvalue weighted by atomic mass is 16.5. The molecule has 4 N–H and O–H groups in total. The van der Waals surface area contributed by atoms with Crippen LogP contribution >= 0.6 is 0 Å². The predicted octanol–water partition coefficient (Wildman–Crippen LogP) is 6.08. The second-order valence-corrected chi connectivity index (χ2v) is 10.00. The van der Waals surface area contributed by atoms with Crippen LogP contribution in [0.25, 0.3) is 22.2 Å². The number of aromatic nitrogens is 1. The fourth-order valence-corrected chi connectivity index (χ4v) is 5.13. The van der Waals surface area contributed by atoms with E-state index in [0.717, 1.165) is 65.2 Å². The van der Waals surface area contributed by atoms with Crippen LogP contribution in [0, 0.1) is 0 Å². The van der Waals surface area contributed by atoms with E-state index in [0.29, 0.717) is 18.3 Å². The zero-order valence-corrected chi connectivity index (χ0v) is 21.8. The molecule has 2 aliphatic rings. The Hall–Kier alpha value is -4.59.